The molecular weight excluding hydrogens is 408 g/mol. The van der Waals surface area contributed by atoms with Gasteiger partial charge in [-0.1, -0.05) is 84.0 Å². The summed E-state index contributed by atoms with van der Waals surface area (Å²) in [6.07, 6.45) is 17.6. The molecule has 0 radical (unpaired) electrons. The van der Waals surface area contributed by atoms with Gasteiger partial charge in [-0.05, 0) is 6.42 Å². The Bertz CT molecular complexity index is 337. The molecule has 1 unspecified atom stereocenters. The van der Waals surface area contributed by atoms with Crippen LogP contribution < -0.4 is 0 Å². The van der Waals surface area contributed by atoms with E-state index in [1.54, 1.807) is 0 Å². The summed E-state index contributed by atoms with van der Waals surface area (Å²) in [5.74, 6) is 0. The maximum Gasteiger partial charge on any atom is 0.0809 e. The molecule has 1 atom stereocenters. The molecule has 0 saturated carbocycles. The van der Waals surface area contributed by atoms with Crippen LogP contribution in [0.4, 0.5) is 0 Å². The second-order valence-corrected chi connectivity index (χ2v) is 8.69. The van der Waals surface area contributed by atoms with Crippen molar-refractivity contribution in [2.24, 2.45) is 0 Å². The zero-order valence-electron chi connectivity index (χ0n) is 21.0. The van der Waals surface area contributed by atoms with Crippen LogP contribution in [0, 0.1) is 0 Å². The first kappa shape index (κ1) is 29.8. The fraction of sp³-hybridized carbons (Fsp3) is 1.00. The molecule has 0 aliphatic carbocycles. The summed E-state index contributed by atoms with van der Waals surface area (Å²) in [6, 6.07) is 0. The van der Waals surface area contributed by atoms with Gasteiger partial charge in [-0.25, -0.2) is 0 Å². The Morgan fingerprint density at radius 1 is 0.438 bits per heavy atom. The fourth-order valence-corrected chi connectivity index (χ4v) is 3.80. The number of unbranched alkanes of at least 4 members (excludes halogenated alkanes) is 11. The van der Waals surface area contributed by atoms with Gasteiger partial charge < -0.3 is 28.4 Å². The van der Waals surface area contributed by atoms with Crippen molar-refractivity contribution in [3.8, 4) is 0 Å². The minimum Gasteiger partial charge on any atom is -0.377 e. The van der Waals surface area contributed by atoms with E-state index < -0.39 is 0 Å². The second kappa shape index (κ2) is 25.4. The molecule has 0 aromatic rings. The summed E-state index contributed by atoms with van der Waals surface area (Å²) in [5.41, 5.74) is 0. The molecule has 192 valence electrons. The average Bonchev–Trinajstić information content (AvgIpc) is 2.80. The predicted octanol–water partition coefficient (Wildman–Crippen LogP) is 5.56. The molecule has 1 aliphatic rings. The lowest BCUT2D eigenvalue weighted by Crippen LogP contribution is -2.24. The van der Waals surface area contributed by atoms with Crippen molar-refractivity contribution in [1.82, 2.24) is 0 Å². The van der Waals surface area contributed by atoms with Gasteiger partial charge in [0.1, 0.15) is 0 Å². The summed E-state index contributed by atoms with van der Waals surface area (Å²) in [6.45, 7) is 8.82. The van der Waals surface area contributed by atoms with Crippen molar-refractivity contribution in [2.75, 3.05) is 72.7 Å². The van der Waals surface area contributed by atoms with Crippen LogP contribution in [0.15, 0.2) is 0 Å². The Balaban J connectivity index is 2.06. The van der Waals surface area contributed by atoms with Crippen LogP contribution in [0.3, 0.4) is 0 Å². The van der Waals surface area contributed by atoms with E-state index in [1.165, 1.54) is 77.0 Å². The monoisotopic (exact) mass is 460 g/mol. The van der Waals surface area contributed by atoms with Crippen LogP contribution in [0.1, 0.15) is 90.4 Å². The summed E-state index contributed by atoms with van der Waals surface area (Å²) < 4.78 is 33.9. The molecule has 6 nitrogen and oxygen atoms in total. The second-order valence-electron chi connectivity index (χ2n) is 8.69. The molecule has 1 fully saturated rings. The highest BCUT2D eigenvalue weighted by Crippen LogP contribution is 2.14. The van der Waals surface area contributed by atoms with Crippen LogP contribution in [-0.4, -0.2) is 78.8 Å². The molecule has 0 aromatic heterocycles. The molecular formula is C26H52O6. The minimum atomic E-state index is 0.139. The van der Waals surface area contributed by atoms with Gasteiger partial charge in [0.15, 0.2) is 0 Å². The number of hydrogen-bond donors (Lipinski definition) is 0. The summed E-state index contributed by atoms with van der Waals surface area (Å²) in [5, 5.41) is 0. The first-order valence-electron chi connectivity index (χ1n) is 13.4. The normalized spacial score (nSPS) is 21.1. The molecule has 1 heterocycles. The highest BCUT2D eigenvalue weighted by molar-refractivity contribution is 4.59. The highest BCUT2D eigenvalue weighted by Gasteiger charge is 2.10. The standard InChI is InChI=1S/C26H52O6/c1-2-3-4-5-6-7-8-9-10-11-12-13-14-26-25-31-22-21-29-18-17-27-15-16-28-19-20-30-23-24-32-26/h26H,2-25H2,1H3. The van der Waals surface area contributed by atoms with E-state index >= 15 is 0 Å². The van der Waals surface area contributed by atoms with Crippen molar-refractivity contribution in [3.63, 3.8) is 0 Å². The van der Waals surface area contributed by atoms with Gasteiger partial charge in [-0.2, -0.15) is 0 Å². The first-order chi connectivity index (χ1) is 15.9. The lowest BCUT2D eigenvalue weighted by Gasteiger charge is -2.18. The van der Waals surface area contributed by atoms with Gasteiger partial charge in [0.25, 0.3) is 0 Å². The fourth-order valence-electron chi connectivity index (χ4n) is 3.80. The highest BCUT2D eigenvalue weighted by atomic mass is 16.6. The Morgan fingerprint density at radius 2 is 0.812 bits per heavy atom. The molecule has 0 bridgehead atoms. The third-order valence-corrected chi connectivity index (χ3v) is 5.75. The van der Waals surface area contributed by atoms with E-state index in [0.29, 0.717) is 72.7 Å². The molecule has 1 rings (SSSR count). The number of ether oxygens (including phenoxy) is 6. The van der Waals surface area contributed by atoms with Crippen LogP contribution in [0.25, 0.3) is 0 Å². The van der Waals surface area contributed by atoms with Crippen molar-refractivity contribution in [1.29, 1.82) is 0 Å². The molecule has 1 saturated heterocycles. The molecule has 0 N–H and O–H groups in total. The summed E-state index contributed by atoms with van der Waals surface area (Å²) >= 11 is 0. The van der Waals surface area contributed by atoms with Crippen LogP contribution in [0.2, 0.25) is 0 Å². The zero-order valence-corrected chi connectivity index (χ0v) is 21.0. The summed E-state index contributed by atoms with van der Waals surface area (Å²) in [7, 11) is 0. The maximum atomic E-state index is 6.04. The lowest BCUT2D eigenvalue weighted by atomic mass is 10.0. The van der Waals surface area contributed by atoms with E-state index in [2.05, 4.69) is 6.92 Å². The Labute approximate surface area is 198 Å². The third kappa shape index (κ3) is 21.6. The smallest absolute Gasteiger partial charge is 0.0809 e. The van der Waals surface area contributed by atoms with E-state index in [9.17, 15) is 0 Å². The largest absolute Gasteiger partial charge is 0.377 e. The number of hydrogen-bond acceptors (Lipinski definition) is 6. The van der Waals surface area contributed by atoms with Crippen LogP contribution in [-0.2, 0) is 28.4 Å². The zero-order chi connectivity index (χ0) is 22.8. The molecule has 0 aromatic carbocycles. The molecule has 6 heteroatoms. The van der Waals surface area contributed by atoms with Gasteiger partial charge in [0.05, 0.1) is 78.8 Å². The molecule has 32 heavy (non-hydrogen) atoms. The van der Waals surface area contributed by atoms with Gasteiger partial charge in [0.2, 0.25) is 0 Å². The van der Waals surface area contributed by atoms with Crippen molar-refractivity contribution in [2.45, 2.75) is 96.5 Å². The topological polar surface area (TPSA) is 55.4 Å². The molecule has 0 spiro atoms. The lowest BCUT2D eigenvalue weighted by molar-refractivity contribution is -0.0628. The summed E-state index contributed by atoms with van der Waals surface area (Å²) in [4.78, 5) is 0. The van der Waals surface area contributed by atoms with Crippen molar-refractivity contribution >= 4 is 0 Å². The minimum absolute atomic E-state index is 0.139. The van der Waals surface area contributed by atoms with Gasteiger partial charge in [-0.15, -0.1) is 0 Å². The van der Waals surface area contributed by atoms with E-state index in [0.717, 1.165) is 6.42 Å². The SMILES string of the molecule is CCCCCCCCCCCCCCC1COCCOCCOCCOCCOCCO1. The first-order valence-corrected chi connectivity index (χ1v) is 13.4. The van der Waals surface area contributed by atoms with Gasteiger partial charge >= 0.3 is 0 Å². The third-order valence-electron chi connectivity index (χ3n) is 5.75. The molecule has 1 aliphatic heterocycles. The molecule has 0 amide bonds. The van der Waals surface area contributed by atoms with Gasteiger partial charge in [-0.3, -0.25) is 0 Å². The van der Waals surface area contributed by atoms with Crippen LogP contribution in [0.5, 0.6) is 0 Å². The predicted molar refractivity (Wildman–Crippen MR) is 130 cm³/mol. The Hall–Kier alpha value is -0.240. The Kier molecular flexibility index (Phi) is 23.6. The van der Waals surface area contributed by atoms with Crippen molar-refractivity contribution in [3.05, 3.63) is 0 Å². The van der Waals surface area contributed by atoms with E-state index in [1.807, 2.05) is 0 Å². The van der Waals surface area contributed by atoms with E-state index in [-0.39, 0.29) is 6.10 Å². The average molecular weight is 461 g/mol. The van der Waals surface area contributed by atoms with Gasteiger partial charge in [0, 0.05) is 0 Å². The maximum absolute atomic E-state index is 6.04. The quantitative estimate of drug-likeness (QED) is 0.335. The van der Waals surface area contributed by atoms with Crippen molar-refractivity contribution < 1.29 is 28.4 Å². The number of rotatable bonds is 13. The van der Waals surface area contributed by atoms with Crippen LogP contribution >= 0.6 is 0 Å². The van der Waals surface area contributed by atoms with E-state index in [4.69, 9.17) is 28.4 Å². The Morgan fingerprint density at radius 3 is 1.28 bits per heavy atom.